The molecule has 0 fully saturated rings. The molecule has 0 spiro atoms. The molecule has 2 amide bonds. The molecule has 12 nitrogen and oxygen atoms in total. The van der Waals surface area contributed by atoms with E-state index in [2.05, 4.69) is 21.1 Å². The van der Waals surface area contributed by atoms with Crippen molar-refractivity contribution < 1.29 is 37.8 Å². The van der Waals surface area contributed by atoms with Crippen molar-refractivity contribution in [2.45, 2.75) is 9.79 Å². The zero-order valence-corrected chi connectivity index (χ0v) is 22.9. The monoisotopic (exact) mass is 598 g/mol. The van der Waals surface area contributed by atoms with E-state index in [4.69, 9.17) is 10.2 Å². The Kier molecular flexibility index (Phi) is 9.17. The maximum absolute atomic E-state index is 13.1. The van der Waals surface area contributed by atoms with Crippen molar-refractivity contribution in [3.63, 3.8) is 0 Å². The summed E-state index contributed by atoms with van der Waals surface area (Å²) in [5.74, 6) is -3.29. The molecule has 0 aromatic heterocycles. The predicted octanol–water partition coefficient (Wildman–Crippen LogP) is 3.44. The number of sulfone groups is 1. The largest absolute Gasteiger partial charge is 0.478 e. The average Bonchev–Trinajstić information content (AvgIpc) is 3.01. The lowest BCUT2D eigenvalue weighted by Gasteiger charge is -2.07. The SMILES string of the molecule is O=C(O)c1ccc(/C=N/NC(=O)c2ccc(S(=O)(=O)c3ccc(C(=O)N/N=C/c4ccc(C(=O)O)cc4)cc3)cc2)cc1. The van der Waals surface area contributed by atoms with Gasteiger partial charge in [-0.1, -0.05) is 24.3 Å². The van der Waals surface area contributed by atoms with Gasteiger partial charge in [-0.25, -0.2) is 28.9 Å². The van der Waals surface area contributed by atoms with E-state index >= 15 is 0 Å². The zero-order chi connectivity index (χ0) is 31.0. The molecule has 216 valence electrons. The lowest BCUT2D eigenvalue weighted by molar-refractivity contribution is 0.0686. The third kappa shape index (κ3) is 7.62. The number of aromatic carboxylic acids is 2. The van der Waals surface area contributed by atoms with Crippen molar-refractivity contribution in [2.24, 2.45) is 10.2 Å². The number of nitrogens with one attached hydrogen (secondary N) is 2. The van der Waals surface area contributed by atoms with Crippen molar-refractivity contribution >= 4 is 46.0 Å². The summed E-state index contributed by atoms with van der Waals surface area (Å²) < 4.78 is 26.1. The topological polar surface area (TPSA) is 192 Å². The van der Waals surface area contributed by atoms with E-state index < -0.39 is 33.6 Å². The quantitative estimate of drug-likeness (QED) is 0.158. The van der Waals surface area contributed by atoms with Crippen molar-refractivity contribution in [3.8, 4) is 0 Å². The first-order chi connectivity index (χ1) is 20.5. The molecule has 43 heavy (non-hydrogen) atoms. The highest BCUT2D eigenvalue weighted by Crippen LogP contribution is 2.22. The molecule has 0 saturated heterocycles. The van der Waals surface area contributed by atoms with Crippen LogP contribution in [0.5, 0.6) is 0 Å². The van der Waals surface area contributed by atoms with Crippen LogP contribution >= 0.6 is 0 Å². The first kappa shape index (κ1) is 30.0. The van der Waals surface area contributed by atoms with Gasteiger partial charge in [0.2, 0.25) is 9.84 Å². The number of rotatable bonds is 10. The maximum Gasteiger partial charge on any atom is 0.335 e. The van der Waals surface area contributed by atoms with E-state index in [1.165, 1.54) is 109 Å². The Bertz CT molecular complexity index is 1700. The minimum atomic E-state index is -3.96. The van der Waals surface area contributed by atoms with Gasteiger partial charge >= 0.3 is 11.9 Å². The Morgan fingerprint density at radius 1 is 0.512 bits per heavy atom. The van der Waals surface area contributed by atoms with E-state index in [9.17, 15) is 27.6 Å². The number of hydrogen-bond acceptors (Lipinski definition) is 8. The fraction of sp³-hybridized carbons (Fsp3) is 0. The van der Waals surface area contributed by atoms with Gasteiger partial charge in [0, 0.05) is 11.1 Å². The summed E-state index contributed by atoms with van der Waals surface area (Å²) >= 11 is 0. The van der Waals surface area contributed by atoms with Crippen LogP contribution in [0.3, 0.4) is 0 Å². The van der Waals surface area contributed by atoms with Crippen molar-refractivity contribution in [1.82, 2.24) is 10.9 Å². The fourth-order valence-corrected chi connectivity index (χ4v) is 4.85. The minimum Gasteiger partial charge on any atom is -0.478 e. The van der Waals surface area contributed by atoms with Gasteiger partial charge in [-0.2, -0.15) is 10.2 Å². The second kappa shape index (κ2) is 13.1. The number of benzene rings is 4. The van der Waals surface area contributed by atoms with Gasteiger partial charge in [-0.15, -0.1) is 0 Å². The van der Waals surface area contributed by atoms with Gasteiger partial charge < -0.3 is 10.2 Å². The normalized spacial score (nSPS) is 11.3. The van der Waals surface area contributed by atoms with E-state index in [0.717, 1.165) is 0 Å². The lowest BCUT2D eigenvalue weighted by Crippen LogP contribution is -2.18. The van der Waals surface area contributed by atoms with Gasteiger partial charge in [0.05, 0.1) is 33.3 Å². The Labute approximate surface area is 244 Å². The minimum absolute atomic E-state index is 0.0678. The molecule has 0 heterocycles. The van der Waals surface area contributed by atoms with Gasteiger partial charge in [0.15, 0.2) is 0 Å². The summed E-state index contributed by atoms with van der Waals surface area (Å²) in [6, 6.07) is 22.1. The van der Waals surface area contributed by atoms with Crippen molar-refractivity contribution in [1.29, 1.82) is 0 Å². The van der Waals surface area contributed by atoms with Crippen LogP contribution in [0.2, 0.25) is 0 Å². The van der Waals surface area contributed by atoms with Crippen LogP contribution < -0.4 is 10.9 Å². The van der Waals surface area contributed by atoms with Crippen molar-refractivity contribution in [3.05, 3.63) is 130 Å². The molecule has 0 aliphatic heterocycles. The van der Waals surface area contributed by atoms with Crippen LogP contribution in [0.4, 0.5) is 0 Å². The summed E-state index contributed by atoms with van der Waals surface area (Å²) in [4.78, 5) is 46.4. The van der Waals surface area contributed by atoms with Crippen LogP contribution in [-0.4, -0.2) is 54.8 Å². The van der Waals surface area contributed by atoms with Crippen LogP contribution in [0.15, 0.2) is 117 Å². The number of carboxylic acids is 2. The van der Waals surface area contributed by atoms with Crippen LogP contribution in [-0.2, 0) is 9.84 Å². The summed E-state index contributed by atoms with van der Waals surface area (Å²) in [6.07, 6.45) is 2.67. The highest BCUT2D eigenvalue weighted by Gasteiger charge is 2.19. The Morgan fingerprint density at radius 3 is 1.12 bits per heavy atom. The molecule has 0 atom stereocenters. The van der Waals surface area contributed by atoms with Gasteiger partial charge in [0.1, 0.15) is 0 Å². The molecule has 13 heteroatoms. The van der Waals surface area contributed by atoms with E-state index in [1.807, 2.05) is 0 Å². The summed E-state index contributed by atoms with van der Waals surface area (Å²) in [6.45, 7) is 0. The van der Waals surface area contributed by atoms with E-state index in [0.29, 0.717) is 11.1 Å². The second-order valence-electron chi connectivity index (χ2n) is 8.80. The molecule has 0 saturated carbocycles. The number of carbonyl (C=O) groups excluding carboxylic acids is 2. The average molecular weight is 599 g/mol. The van der Waals surface area contributed by atoms with Gasteiger partial charge in [-0.05, 0) is 83.9 Å². The van der Waals surface area contributed by atoms with Gasteiger partial charge in [0.25, 0.3) is 11.8 Å². The number of carbonyl (C=O) groups is 4. The van der Waals surface area contributed by atoms with Gasteiger partial charge in [-0.3, -0.25) is 9.59 Å². The van der Waals surface area contributed by atoms with Crippen molar-refractivity contribution in [2.75, 3.05) is 0 Å². The number of hydrogen-bond donors (Lipinski definition) is 4. The van der Waals surface area contributed by atoms with Crippen LogP contribution in [0.25, 0.3) is 0 Å². The van der Waals surface area contributed by atoms with Crippen LogP contribution in [0, 0.1) is 0 Å². The summed E-state index contributed by atoms with van der Waals surface area (Å²) in [5, 5.41) is 25.5. The summed E-state index contributed by atoms with van der Waals surface area (Å²) in [5.41, 5.74) is 6.30. The second-order valence-corrected chi connectivity index (χ2v) is 10.8. The standard InChI is InChI=1S/C30H22N4O8S/c35-27(33-31-17-19-1-5-23(6-2-19)29(37)38)21-9-13-25(14-10-21)43(41,42)26-15-11-22(12-16-26)28(36)34-32-18-20-3-7-24(8-4-20)30(39)40/h1-18H,(H,33,35)(H,34,36)(H,37,38)(H,39,40)/b31-17+,32-18+. The molecule has 0 unspecified atom stereocenters. The van der Waals surface area contributed by atoms with E-state index in [1.54, 1.807) is 0 Å². The van der Waals surface area contributed by atoms with Crippen LogP contribution in [0.1, 0.15) is 52.6 Å². The number of carboxylic acid groups (broad SMARTS) is 2. The predicted molar refractivity (Wildman–Crippen MR) is 155 cm³/mol. The zero-order valence-electron chi connectivity index (χ0n) is 22.0. The molecule has 0 aliphatic carbocycles. The number of nitrogens with zero attached hydrogens (tertiary/aromatic N) is 2. The first-order valence-electron chi connectivity index (χ1n) is 12.3. The molecular weight excluding hydrogens is 576 g/mol. The molecule has 0 radical (unpaired) electrons. The Hall–Kier alpha value is -5.95. The molecule has 4 rings (SSSR count). The highest BCUT2D eigenvalue weighted by molar-refractivity contribution is 7.91. The fourth-order valence-electron chi connectivity index (χ4n) is 3.59. The first-order valence-corrected chi connectivity index (χ1v) is 13.8. The highest BCUT2D eigenvalue weighted by atomic mass is 32.2. The Morgan fingerprint density at radius 2 is 0.814 bits per heavy atom. The Balaban J connectivity index is 1.34. The maximum atomic E-state index is 13.1. The molecule has 4 aromatic rings. The number of hydrazone groups is 2. The molecule has 0 bridgehead atoms. The molecule has 4 N–H and O–H groups in total. The number of amides is 2. The summed E-state index contributed by atoms with van der Waals surface area (Å²) in [7, 11) is -3.96. The third-order valence-electron chi connectivity index (χ3n) is 5.93. The molecular formula is C30H22N4O8S. The third-order valence-corrected chi connectivity index (χ3v) is 7.71. The van der Waals surface area contributed by atoms with E-state index in [-0.39, 0.29) is 32.0 Å². The lowest BCUT2D eigenvalue weighted by atomic mass is 10.1. The smallest absolute Gasteiger partial charge is 0.335 e. The molecule has 0 aliphatic rings. The molecule has 4 aromatic carbocycles.